The molecule has 0 aliphatic heterocycles. The minimum absolute atomic E-state index is 0.0151. The molecule has 2 aromatic rings. The van der Waals surface area contributed by atoms with Gasteiger partial charge < -0.3 is 23.7 Å². The largest absolute Gasteiger partial charge is 0.496 e. The lowest BCUT2D eigenvalue weighted by atomic mass is 10.1. The highest BCUT2D eigenvalue weighted by Crippen LogP contribution is 2.35. The highest BCUT2D eigenvalue weighted by atomic mass is 16.7. The molecule has 144 valence electrons. The second kappa shape index (κ2) is 10.4. The fourth-order valence-electron chi connectivity index (χ4n) is 2.45. The maximum atomic E-state index is 12.8. The Morgan fingerprint density at radius 3 is 2.33 bits per heavy atom. The first-order chi connectivity index (χ1) is 13.1. The van der Waals surface area contributed by atoms with Gasteiger partial charge in [0.2, 0.25) is 0 Å². The van der Waals surface area contributed by atoms with E-state index in [1.165, 1.54) is 27.4 Å². The fourth-order valence-corrected chi connectivity index (χ4v) is 2.45. The molecule has 2 rings (SSSR count). The number of hydrogen-bond acceptors (Lipinski definition) is 6. The van der Waals surface area contributed by atoms with Gasteiger partial charge in [-0.1, -0.05) is 35.9 Å². The lowest BCUT2D eigenvalue weighted by Gasteiger charge is -2.15. The first-order valence-electron chi connectivity index (χ1n) is 8.33. The molecule has 0 amide bonds. The van der Waals surface area contributed by atoms with Crippen LogP contribution >= 0.6 is 0 Å². The zero-order valence-electron chi connectivity index (χ0n) is 16.0. The van der Waals surface area contributed by atoms with Crippen LogP contribution in [0.1, 0.15) is 21.5 Å². The van der Waals surface area contributed by atoms with E-state index in [0.29, 0.717) is 22.8 Å². The van der Waals surface area contributed by atoms with Gasteiger partial charge in [-0.15, -0.1) is 0 Å². The number of aryl methyl sites for hydroxylation is 1. The van der Waals surface area contributed by atoms with E-state index in [4.69, 9.17) is 23.7 Å². The summed E-state index contributed by atoms with van der Waals surface area (Å²) in [6.45, 7) is 2.05. The number of allylic oxidation sites excluding steroid dienone is 1. The van der Waals surface area contributed by atoms with Crippen molar-refractivity contribution < 1.29 is 28.5 Å². The maximum absolute atomic E-state index is 12.8. The summed E-state index contributed by atoms with van der Waals surface area (Å²) in [5, 5.41) is 0. The van der Waals surface area contributed by atoms with Crippen LogP contribution < -0.4 is 14.2 Å². The normalized spacial score (nSPS) is 10.8. The lowest BCUT2D eigenvalue weighted by molar-refractivity contribution is 0.0453. The molecule has 0 saturated carbocycles. The number of carbonyl (C=O) groups is 1. The molecule has 0 radical (unpaired) electrons. The molecule has 0 bridgehead atoms. The molecule has 2 aromatic carbocycles. The third kappa shape index (κ3) is 5.84. The summed E-state index contributed by atoms with van der Waals surface area (Å²) in [6, 6.07) is 11.1. The van der Waals surface area contributed by atoms with Crippen LogP contribution in [-0.2, 0) is 9.47 Å². The Balaban J connectivity index is 2.37. The standard InChI is InChI=1S/C21H24O6/c1-15-6-5-7-16(10-15)8-9-18(22)21-19(25-4)11-17(26-13-23-2)12-20(21)27-14-24-3/h5-12H,13-14H2,1-4H3/b9-8+. The monoisotopic (exact) mass is 372 g/mol. The van der Waals surface area contributed by atoms with Crippen molar-refractivity contribution >= 4 is 11.9 Å². The molecule has 0 spiro atoms. The van der Waals surface area contributed by atoms with E-state index in [1.54, 1.807) is 18.2 Å². The number of ketones is 1. The summed E-state index contributed by atoms with van der Waals surface area (Å²) in [7, 11) is 4.51. The van der Waals surface area contributed by atoms with Crippen LogP contribution in [0.4, 0.5) is 0 Å². The van der Waals surface area contributed by atoms with Gasteiger partial charge in [-0.2, -0.15) is 0 Å². The van der Waals surface area contributed by atoms with E-state index < -0.39 is 0 Å². The second-order valence-corrected chi connectivity index (χ2v) is 5.71. The van der Waals surface area contributed by atoms with E-state index in [-0.39, 0.29) is 19.4 Å². The van der Waals surface area contributed by atoms with Crippen LogP contribution in [0.3, 0.4) is 0 Å². The van der Waals surface area contributed by atoms with Gasteiger partial charge in [-0.25, -0.2) is 0 Å². The molecule has 0 N–H and O–H groups in total. The van der Waals surface area contributed by atoms with Gasteiger partial charge in [-0.3, -0.25) is 4.79 Å². The lowest BCUT2D eigenvalue weighted by Crippen LogP contribution is -2.08. The first-order valence-corrected chi connectivity index (χ1v) is 8.33. The van der Waals surface area contributed by atoms with Crippen LogP contribution in [0.2, 0.25) is 0 Å². The van der Waals surface area contributed by atoms with E-state index in [0.717, 1.165) is 11.1 Å². The summed E-state index contributed by atoms with van der Waals surface area (Å²) in [4.78, 5) is 12.8. The molecule has 6 nitrogen and oxygen atoms in total. The van der Waals surface area contributed by atoms with Crippen molar-refractivity contribution in [1.29, 1.82) is 0 Å². The summed E-state index contributed by atoms with van der Waals surface area (Å²) >= 11 is 0. The Kier molecular flexibility index (Phi) is 7.85. The van der Waals surface area contributed by atoms with E-state index in [1.807, 2.05) is 31.2 Å². The van der Waals surface area contributed by atoms with Crippen LogP contribution in [-0.4, -0.2) is 40.7 Å². The zero-order valence-corrected chi connectivity index (χ0v) is 16.0. The maximum Gasteiger partial charge on any atom is 0.193 e. The van der Waals surface area contributed by atoms with Crippen LogP contribution in [0, 0.1) is 6.92 Å². The number of carbonyl (C=O) groups excluding carboxylic acids is 1. The SMILES string of the molecule is COCOc1cc(OC)c(C(=O)/C=C/c2cccc(C)c2)c(OCOC)c1. The van der Waals surface area contributed by atoms with Gasteiger partial charge in [0.25, 0.3) is 0 Å². The Hall–Kier alpha value is -2.83. The third-order valence-corrected chi connectivity index (χ3v) is 3.65. The van der Waals surface area contributed by atoms with Gasteiger partial charge in [0.05, 0.1) is 7.11 Å². The first kappa shape index (κ1) is 20.5. The van der Waals surface area contributed by atoms with Gasteiger partial charge in [0.1, 0.15) is 22.8 Å². The molecule has 0 atom stereocenters. The van der Waals surface area contributed by atoms with Crippen molar-refractivity contribution in [1.82, 2.24) is 0 Å². The number of methoxy groups -OCH3 is 3. The summed E-state index contributed by atoms with van der Waals surface area (Å²) < 4.78 is 26.3. The zero-order chi connectivity index (χ0) is 19.6. The molecular formula is C21H24O6. The highest BCUT2D eigenvalue weighted by Gasteiger charge is 2.19. The van der Waals surface area contributed by atoms with Crippen LogP contribution in [0.25, 0.3) is 6.08 Å². The molecule has 0 saturated heterocycles. The Bertz CT molecular complexity index is 797. The molecule has 0 aromatic heterocycles. The van der Waals surface area contributed by atoms with E-state index >= 15 is 0 Å². The second-order valence-electron chi connectivity index (χ2n) is 5.71. The quantitative estimate of drug-likeness (QED) is 0.358. The molecule has 0 unspecified atom stereocenters. The van der Waals surface area contributed by atoms with Crippen molar-refractivity contribution in [3.63, 3.8) is 0 Å². The molecule has 0 aliphatic rings. The number of benzene rings is 2. The summed E-state index contributed by atoms with van der Waals surface area (Å²) in [6.07, 6.45) is 3.24. The number of hydrogen-bond donors (Lipinski definition) is 0. The number of rotatable bonds is 10. The van der Waals surface area contributed by atoms with Crippen molar-refractivity contribution in [2.45, 2.75) is 6.92 Å². The Labute approximate surface area is 159 Å². The van der Waals surface area contributed by atoms with Gasteiger partial charge in [0.15, 0.2) is 19.4 Å². The average molecular weight is 372 g/mol. The van der Waals surface area contributed by atoms with E-state index in [2.05, 4.69) is 0 Å². The minimum Gasteiger partial charge on any atom is -0.496 e. The molecule has 6 heteroatoms. The summed E-state index contributed by atoms with van der Waals surface area (Å²) in [5.41, 5.74) is 2.34. The smallest absolute Gasteiger partial charge is 0.193 e. The molecular weight excluding hydrogens is 348 g/mol. The molecule has 0 aliphatic carbocycles. The molecule has 0 fully saturated rings. The Morgan fingerprint density at radius 2 is 1.67 bits per heavy atom. The van der Waals surface area contributed by atoms with Crippen molar-refractivity contribution in [3.05, 3.63) is 59.2 Å². The predicted octanol–water partition coefficient (Wildman–Crippen LogP) is 3.87. The van der Waals surface area contributed by atoms with Crippen molar-refractivity contribution in [3.8, 4) is 17.2 Å². The van der Waals surface area contributed by atoms with Gasteiger partial charge in [0, 0.05) is 26.4 Å². The van der Waals surface area contributed by atoms with Gasteiger partial charge in [-0.05, 0) is 18.6 Å². The minimum atomic E-state index is -0.252. The summed E-state index contributed by atoms with van der Waals surface area (Å²) in [5.74, 6) is 0.853. The van der Waals surface area contributed by atoms with Crippen molar-refractivity contribution in [2.24, 2.45) is 0 Å². The number of ether oxygens (including phenoxy) is 5. The van der Waals surface area contributed by atoms with Crippen LogP contribution in [0.15, 0.2) is 42.5 Å². The molecule has 27 heavy (non-hydrogen) atoms. The Morgan fingerprint density at radius 1 is 0.963 bits per heavy atom. The third-order valence-electron chi connectivity index (χ3n) is 3.65. The highest BCUT2D eigenvalue weighted by molar-refractivity contribution is 6.10. The predicted molar refractivity (Wildman–Crippen MR) is 103 cm³/mol. The molecule has 0 heterocycles. The topological polar surface area (TPSA) is 63.2 Å². The average Bonchev–Trinajstić information content (AvgIpc) is 2.68. The fraction of sp³-hybridized carbons (Fsp3) is 0.286. The van der Waals surface area contributed by atoms with Crippen molar-refractivity contribution in [2.75, 3.05) is 34.9 Å². The van der Waals surface area contributed by atoms with Crippen LogP contribution in [0.5, 0.6) is 17.2 Å². The van der Waals surface area contributed by atoms with E-state index in [9.17, 15) is 4.79 Å². The van der Waals surface area contributed by atoms with Gasteiger partial charge >= 0.3 is 0 Å².